The number of rotatable bonds is 9. The summed E-state index contributed by atoms with van der Waals surface area (Å²) in [6.45, 7) is 1.36. The molecule has 2 aromatic carbocycles. The fraction of sp³-hybridized carbons (Fsp3) is 0.286. The number of hydrogen-bond donors (Lipinski definition) is 2. The van der Waals surface area contributed by atoms with Crippen molar-refractivity contribution in [3.05, 3.63) is 68.9 Å². The van der Waals surface area contributed by atoms with Gasteiger partial charge >= 0.3 is 0 Å². The van der Waals surface area contributed by atoms with Crippen molar-refractivity contribution in [3.8, 4) is 5.75 Å². The van der Waals surface area contributed by atoms with Gasteiger partial charge in [0, 0.05) is 30.2 Å². The Balaban J connectivity index is 1.53. The van der Waals surface area contributed by atoms with Crippen molar-refractivity contribution in [2.75, 3.05) is 30.4 Å². The molecule has 0 atom stereocenters. The van der Waals surface area contributed by atoms with Crippen LogP contribution in [0.15, 0.2) is 42.5 Å². The van der Waals surface area contributed by atoms with E-state index in [2.05, 4.69) is 20.3 Å². The molecule has 0 saturated heterocycles. The van der Waals surface area contributed by atoms with Gasteiger partial charge in [-0.1, -0.05) is 41.4 Å². The third-order valence-electron chi connectivity index (χ3n) is 4.53. The van der Waals surface area contributed by atoms with Crippen LogP contribution in [0.4, 0.5) is 11.9 Å². The summed E-state index contributed by atoms with van der Waals surface area (Å²) in [5.41, 5.74) is 2.15. The molecule has 1 aromatic heterocycles. The molecule has 158 valence electrons. The molecule has 30 heavy (non-hydrogen) atoms. The number of aryl methyl sites for hydroxylation is 1. The second kappa shape index (κ2) is 10.7. The highest BCUT2D eigenvalue weighted by Gasteiger charge is 2.10. The third kappa shape index (κ3) is 6.62. The minimum absolute atomic E-state index is 0.139. The van der Waals surface area contributed by atoms with Crippen molar-refractivity contribution in [2.45, 2.75) is 19.3 Å². The Hall–Kier alpha value is -2.28. The Morgan fingerprint density at radius 3 is 2.47 bits per heavy atom. The number of nitrogens with one attached hydrogen (secondary N) is 1. The predicted molar refractivity (Wildman–Crippen MR) is 123 cm³/mol. The van der Waals surface area contributed by atoms with Crippen molar-refractivity contribution in [1.82, 2.24) is 15.0 Å². The van der Waals surface area contributed by atoms with Gasteiger partial charge in [-0.25, -0.2) is 0 Å². The molecule has 0 bridgehead atoms. The number of phenols is 1. The zero-order valence-electron chi connectivity index (χ0n) is 16.4. The number of aromatic nitrogens is 3. The number of benzene rings is 2. The second-order valence-electron chi connectivity index (χ2n) is 6.83. The highest BCUT2D eigenvalue weighted by molar-refractivity contribution is 6.35. The molecule has 6 nitrogen and oxygen atoms in total. The number of halogens is 3. The van der Waals surface area contributed by atoms with E-state index >= 15 is 0 Å². The first-order valence-electron chi connectivity index (χ1n) is 9.49. The molecule has 9 heteroatoms. The molecule has 3 rings (SSSR count). The third-order valence-corrected chi connectivity index (χ3v) is 5.28. The number of nitrogens with zero attached hydrogens (tertiary/aromatic N) is 4. The van der Waals surface area contributed by atoms with Crippen LogP contribution in [0.1, 0.15) is 17.5 Å². The van der Waals surface area contributed by atoms with E-state index in [9.17, 15) is 5.11 Å². The highest BCUT2D eigenvalue weighted by Crippen LogP contribution is 2.22. The van der Waals surface area contributed by atoms with Crippen LogP contribution in [0.25, 0.3) is 0 Å². The van der Waals surface area contributed by atoms with E-state index in [0.717, 1.165) is 36.9 Å². The quantitative estimate of drug-likeness (QED) is 0.448. The molecule has 0 fully saturated rings. The average Bonchev–Trinajstić information content (AvgIpc) is 2.70. The second-order valence-corrected chi connectivity index (χ2v) is 8.01. The Morgan fingerprint density at radius 1 is 0.967 bits per heavy atom. The number of phenolic OH excluding ortho intramolecular Hbond substituents is 1. The molecule has 0 aliphatic carbocycles. The first kappa shape index (κ1) is 22.4. The first-order chi connectivity index (χ1) is 14.4. The minimum Gasteiger partial charge on any atom is -0.508 e. The lowest BCUT2D eigenvalue weighted by molar-refractivity contribution is 0.475. The Morgan fingerprint density at radius 2 is 1.73 bits per heavy atom. The van der Waals surface area contributed by atoms with Gasteiger partial charge in [-0.2, -0.15) is 15.0 Å². The summed E-state index contributed by atoms with van der Waals surface area (Å²) >= 11 is 18.3. The summed E-state index contributed by atoms with van der Waals surface area (Å²) < 4.78 is 0. The lowest BCUT2D eigenvalue weighted by Gasteiger charge is -2.18. The van der Waals surface area contributed by atoms with Gasteiger partial charge in [-0.05, 0) is 66.3 Å². The molecule has 1 heterocycles. The van der Waals surface area contributed by atoms with Gasteiger partial charge in [0.2, 0.25) is 17.2 Å². The van der Waals surface area contributed by atoms with E-state index in [1.165, 1.54) is 0 Å². The summed E-state index contributed by atoms with van der Waals surface area (Å²) in [7, 11) is 1.91. The Kier molecular flexibility index (Phi) is 7.96. The Labute approximate surface area is 190 Å². The van der Waals surface area contributed by atoms with Gasteiger partial charge < -0.3 is 15.3 Å². The van der Waals surface area contributed by atoms with Gasteiger partial charge in [0.1, 0.15) is 5.75 Å². The van der Waals surface area contributed by atoms with Crippen LogP contribution in [0.3, 0.4) is 0 Å². The summed E-state index contributed by atoms with van der Waals surface area (Å²) in [6, 6.07) is 12.6. The first-order valence-corrected chi connectivity index (χ1v) is 10.6. The van der Waals surface area contributed by atoms with E-state index in [1.807, 2.05) is 36.2 Å². The van der Waals surface area contributed by atoms with Crippen LogP contribution in [-0.2, 0) is 12.8 Å². The summed E-state index contributed by atoms with van der Waals surface area (Å²) in [6.07, 6.45) is 2.44. The summed E-state index contributed by atoms with van der Waals surface area (Å²) in [5.74, 6) is 1.18. The molecule has 0 unspecified atom stereocenters. The number of anilines is 2. The molecule has 2 N–H and O–H groups in total. The monoisotopic (exact) mass is 465 g/mol. The molecule has 0 saturated carbocycles. The molecule has 0 radical (unpaired) electrons. The topological polar surface area (TPSA) is 74.2 Å². The molecule has 0 amide bonds. The van der Waals surface area contributed by atoms with Crippen LogP contribution in [0.5, 0.6) is 5.75 Å². The van der Waals surface area contributed by atoms with Crippen LogP contribution in [0.2, 0.25) is 15.3 Å². The average molecular weight is 467 g/mol. The van der Waals surface area contributed by atoms with Crippen molar-refractivity contribution >= 4 is 46.7 Å². The smallest absolute Gasteiger partial charge is 0.231 e. The van der Waals surface area contributed by atoms with Crippen LogP contribution < -0.4 is 10.2 Å². The normalized spacial score (nSPS) is 10.8. The SMILES string of the molecule is CN(CCCc1ccc(Cl)cc1Cl)c1nc(Cl)nc(NCCc2ccc(O)cc2)n1. The van der Waals surface area contributed by atoms with Gasteiger partial charge in [0.15, 0.2) is 0 Å². The molecule has 3 aromatic rings. The van der Waals surface area contributed by atoms with Crippen LogP contribution >= 0.6 is 34.8 Å². The lowest BCUT2D eigenvalue weighted by atomic mass is 10.1. The number of aromatic hydroxyl groups is 1. The van der Waals surface area contributed by atoms with Crippen LogP contribution in [-0.4, -0.2) is 40.2 Å². The van der Waals surface area contributed by atoms with E-state index < -0.39 is 0 Å². The highest BCUT2D eigenvalue weighted by atomic mass is 35.5. The largest absolute Gasteiger partial charge is 0.508 e. The molecule has 0 aliphatic heterocycles. The van der Waals surface area contributed by atoms with E-state index in [-0.39, 0.29) is 11.0 Å². The fourth-order valence-corrected chi connectivity index (χ4v) is 3.56. The van der Waals surface area contributed by atoms with Gasteiger partial charge in [-0.15, -0.1) is 0 Å². The maximum atomic E-state index is 9.35. The van der Waals surface area contributed by atoms with Gasteiger partial charge in [0.25, 0.3) is 0 Å². The van der Waals surface area contributed by atoms with Gasteiger partial charge in [-0.3, -0.25) is 0 Å². The van der Waals surface area contributed by atoms with Crippen molar-refractivity contribution < 1.29 is 5.11 Å². The summed E-state index contributed by atoms with van der Waals surface area (Å²) in [4.78, 5) is 14.8. The van der Waals surface area contributed by atoms with Crippen molar-refractivity contribution in [2.24, 2.45) is 0 Å². The summed E-state index contributed by atoms with van der Waals surface area (Å²) in [5, 5.41) is 14.0. The molecular formula is C21H22Cl3N5O. The van der Waals surface area contributed by atoms with E-state index in [0.29, 0.717) is 28.5 Å². The fourth-order valence-electron chi connectivity index (χ4n) is 2.90. The van der Waals surface area contributed by atoms with E-state index in [1.54, 1.807) is 18.2 Å². The molecular weight excluding hydrogens is 445 g/mol. The lowest BCUT2D eigenvalue weighted by Crippen LogP contribution is -2.22. The van der Waals surface area contributed by atoms with Crippen LogP contribution in [0, 0.1) is 0 Å². The minimum atomic E-state index is 0.139. The maximum Gasteiger partial charge on any atom is 0.231 e. The molecule has 0 spiro atoms. The Bertz CT molecular complexity index is 985. The standard InChI is InChI=1S/C21H22Cl3N5O/c1-29(12-2-3-15-6-7-16(22)13-18(15)23)21-27-19(24)26-20(28-21)25-11-10-14-4-8-17(30)9-5-14/h4-9,13,30H,2-3,10-12H2,1H3,(H,25,26,27,28). The van der Waals surface area contributed by atoms with Gasteiger partial charge in [0.05, 0.1) is 0 Å². The molecule has 0 aliphatic rings. The zero-order valence-corrected chi connectivity index (χ0v) is 18.7. The zero-order chi connectivity index (χ0) is 21.5. The van der Waals surface area contributed by atoms with Crippen molar-refractivity contribution in [1.29, 1.82) is 0 Å². The van der Waals surface area contributed by atoms with E-state index in [4.69, 9.17) is 34.8 Å². The maximum absolute atomic E-state index is 9.35. The predicted octanol–water partition coefficient (Wildman–Crippen LogP) is 5.26. The van der Waals surface area contributed by atoms with Crippen molar-refractivity contribution in [3.63, 3.8) is 0 Å². The number of hydrogen-bond acceptors (Lipinski definition) is 6.